The van der Waals surface area contributed by atoms with Crippen molar-refractivity contribution in [3.63, 3.8) is 0 Å². The average Bonchev–Trinajstić information content (AvgIpc) is 3.13. The number of rotatable bonds is 5. The minimum Gasteiger partial charge on any atom is -0.398 e. The first-order chi connectivity index (χ1) is 8.46. The van der Waals surface area contributed by atoms with Crippen molar-refractivity contribution in [1.29, 1.82) is 0 Å². The molecule has 6 heteroatoms. The number of nitrogens with zero attached hydrogens (tertiary/aromatic N) is 1. The third kappa shape index (κ3) is 2.70. The molecule has 0 bridgehead atoms. The van der Waals surface area contributed by atoms with Crippen molar-refractivity contribution in [3.05, 3.63) is 22.7 Å². The summed E-state index contributed by atoms with van der Waals surface area (Å²) in [5, 5.41) is 0. The fraction of sp³-hybridized carbons (Fsp3) is 0.500. The number of hydrogen-bond acceptors (Lipinski definition) is 3. The lowest BCUT2D eigenvalue weighted by Crippen LogP contribution is -2.34. The molecule has 4 nitrogen and oxygen atoms in total. The lowest BCUT2D eigenvalue weighted by molar-refractivity contribution is 0.403. The Kier molecular flexibility index (Phi) is 3.99. The largest absolute Gasteiger partial charge is 0.398 e. The lowest BCUT2D eigenvalue weighted by atomic mass is 10.3. The van der Waals surface area contributed by atoms with Crippen molar-refractivity contribution in [2.24, 2.45) is 0 Å². The van der Waals surface area contributed by atoms with Crippen LogP contribution in [0.2, 0.25) is 0 Å². The van der Waals surface area contributed by atoms with Crippen LogP contribution in [0.15, 0.2) is 27.6 Å². The molecule has 0 unspecified atom stereocenters. The van der Waals surface area contributed by atoms with Crippen LogP contribution >= 0.6 is 15.9 Å². The topological polar surface area (TPSA) is 63.4 Å². The monoisotopic (exact) mass is 332 g/mol. The number of sulfonamides is 1. The molecule has 1 fully saturated rings. The van der Waals surface area contributed by atoms with Crippen LogP contribution in [0.4, 0.5) is 5.69 Å². The van der Waals surface area contributed by atoms with Crippen molar-refractivity contribution in [3.8, 4) is 0 Å². The highest BCUT2D eigenvalue weighted by Gasteiger charge is 2.38. The Morgan fingerprint density at radius 3 is 2.67 bits per heavy atom. The van der Waals surface area contributed by atoms with Crippen LogP contribution in [0.5, 0.6) is 0 Å². The maximum absolute atomic E-state index is 12.6. The fourth-order valence-corrected chi connectivity index (χ4v) is 4.37. The Bertz CT molecular complexity index is 541. The number of nitrogen functional groups attached to an aromatic ring is 1. The highest BCUT2D eigenvalue weighted by Crippen LogP contribution is 2.34. The van der Waals surface area contributed by atoms with Gasteiger partial charge >= 0.3 is 0 Å². The number of hydrogen-bond donors (Lipinski definition) is 1. The van der Waals surface area contributed by atoms with Gasteiger partial charge in [-0.1, -0.05) is 22.9 Å². The summed E-state index contributed by atoms with van der Waals surface area (Å²) in [5.74, 6) is 0. The predicted molar refractivity (Wildman–Crippen MR) is 75.8 cm³/mol. The van der Waals surface area contributed by atoms with E-state index in [0.29, 0.717) is 12.2 Å². The summed E-state index contributed by atoms with van der Waals surface area (Å²) in [6.45, 7) is 2.54. The Balaban J connectivity index is 2.42. The molecule has 0 radical (unpaired) electrons. The summed E-state index contributed by atoms with van der Waals surface area (Å²) in [6.07, 6.45) is 2.71. The van der Waals surface area contributed by atoms with Crippen molar-refractivity contribution in [1.82, 2.24) is 4.31 Å². The molecule has 0 aromatic heterocycles. The van der Waals surface area contributed by atoms with E-state index < -0.39 is 10.0 Å². The van der Waals surface area contributed by atoms with Gasteiger partial charge in [-0.15, -0.1) is 0 Å². The van der Waals surface area contributed by atoms with Gasteiger partial charge in [0, 0.05) is 17.1 Å². The number of halogens is 1. The van der Waals surface area contributed by atoms with E-state index in [-0.39, 0.29) is 10.9 Å². The van der Waals surface area contributed by atoms with E-state index in [0.717, 1.165) is 23.7 Å². The van der Waals surface area contributed by atoms with Crippen LogP contribution in [0.25, 0.3) is 0 Å². The van der Waals surface area contributed by atoms with E-state index in [1.54, 1.807) is 22.5 Å². The van der Waals surface area contributed by atoms with Gasteiger partial charge in [0.15, 0.2) is 0 Å². The summed E-state index contributed by atoms with van der Waals surface area (Å²) in [7, 11) is -3.47. The van der Waals surface area contributed by atoms with E-state index >= 15 is 0 Å². The Hall–Kier alpha value is -0.590. The predicted octanol–water partition coefficient (Wildman–Crippen LogP) is 2.59. The van der Waals surface area contributed by atoms with E-state index in [4.69, 9.17) is 5.73 Å². The van der Waals surface area contributed by atoms with Crippen molar-refractivity contribution >= 4 is 31.6 Å². The molecule has 1 aromatic rings. The molecule has 0 heterocycles. The van der Waals surface area contributed by atoms with Crippen LogP contribution in [0.1, 0.15) is 26.2 Å². The highest BCUT2D eigenvalue weighted by atomic mass is 79.9. The second-order valence-electron chi connectivity index (χ2n) is 4.53. The van der Waals surface area contributed by atoms with E-state index in [9.17, 15) is 8.42 Å². The van der Waals surface area contributed by atoms with Gasteiger partial charge in [-0.25, -0.2) is 8.42 Å². The third-order valence-corrected chi connectivity index (χ3v) is 5.46. The van der Waals surface area contributed by atoms with E-state index in [2.05, 4.69) is 15.9 Å². The second-order valence-corrected chi connectivity index (χ2v) is 7.30. The van der Waals surface area contributed by atoms with Crippen molar-refractivity contribution < 1.29 is 8.42 Å². The van der Waals surface area contributed by atoms with Crippen LogP contribution in [0, 0.1) is 0 Å². The molecule has 1 aromatic carbocycles. The van der Waals surface area contributed by atoms with Crippen molar-refractivity contribution in [2.75, 3.05) is 12.3 Å². The zero-order chi connectivity index (χ0) is 13.3. The standard InChI is InChI=1S/C12H17BrN2O2S/c1-2-7-15(10-4-5-10)18(16,17)12-8-9(13)3-6-11(12)14/h3,6,8,10H,2,4-5,7,14H2,1H3. The van der Waals surface area contributed by atoms with Gasteiger partial charge in [-0.2, -0.15) is 4.31 Å². The normalized spacial score (nSPS) is 16.2. The molecule has 0 amide bonds. The molecule has 1 aliphatic carbocycles. The average molecular weight is 333 g/mol. The molecule has 0 aliphatic heterocycles. The van der Waals surface area contributed by atoms with E-state index in [1.807, 2.05) is 6.92 Å². The zero-order valence-electron chi connectivity index (χ0n) is 10.3. The highest BCUT2D eigenvalue weighted by molar-refractivity contribution is 9.10. The van der Waals surface area contributed by atoms with Crippen molar-refractivity contribution in [2.45, 2.75) is 37.1 Å². The molecular formula is C12H17BrN2O2S. The van der Waals surface area contributed by atoms with Crippen LogP contribution in [-0.2, 0) is 10.0 Å². The molecule has 1 aliphatic rings. The SMILES string of the molecule is CCCN(C1CC1)S(=O)(=O)c1cc(Br)ccc1N. The first-order valence-electron chi connectivity index (χ1n) is 6.03. The lowest BCUT2D eigenvalue weighted by Gasteiger charge is -2.22. The van der Waals surface area contributed by atoms with Gasteiger partial charge in [-0.3, -0.25) is 0 Å². The van der Waals surface area contributed by atoms with Gasteiger partial charge < -0.3 is 5.73 Å². The number of nitrogens with two attached hydrogens (primary N) is 1. The number of benzene rings is 1. The molecular weight excluding hydrogens is 316 g/mol. The van der Waals surface area contributed by atoms with Crippen LogP contribution in [0.3, 0.4) is 0 Å². The third-order valence-electron chi connectivity index (χ3n) is 2.96. The first kappa shape index (κ1) is 13.8. The minimum atomic E-state index is -3.47. The fourth-order valence-electron chi connectivity index (χ4n) is 1.94. The Morgan fingerprint density at radius 1 is 1.44 bits per heavy atom. The Labute approximate surface area is 116 Å². The van der Waals surface area contributed by atoms with E-state index in [1.165, 1.54) is 0 Å². The molecule has 0 spiro atoms. The van der Waals surface area contributed by atoms with Gasteiger partial charge in [0.1, 0.15) is 4.90 Å². The van der Waals surface area contributed by atoms with Gasteiger partial charge in [0.05, 0.1) is 5.69 Å². The smallest absolute Gasteiger partial charge is 0.245 e. The summed E-state index contributed by atoms with van der Waals surface area (Å²) >= 11 is 3.29. The maximum atomic E-state index is 12.6. The summed E-state index contributed by atoms with van der Waals surface area (Å²) < 4.78 is 27.5. The van der Waals surface area contributed by atoms with Crippen LogP contribution in [-0.4, -0.2) is 25.3 Å². The zero-order valence-corrected chi connectivity index (χ0v) is 12.7. The quantitative estimate of drug-likeness (QED) is 0.843. The second kappa shape index (κ2) is 5.19. The summed E-state index contributed by atoms with van der Waals surface area (Å²) in [4.78, 5) is 0.206. The maximum Gasteiger partial charge on any atom is 0.245 e. The number of anilines is 1. The summed E-state index contributed by atoms with van der Waals surface area (Å²) in [6, 6.07) is 5.10. The van der Waals surface area contributed by atoms with Crippen LogP contribution < -0.4 is 5.73 Å². The summed E-state index contributed by atoms with van der Waals surface area (Å²) in [5.41, 5.74) is 6.11. The molecule has 100 valence electrons. The minimum absolute atomic E-state index is 0.160. The van der Waals surface area contributed by atoms with Gasteiger partial charge in [-0.05, 0) is 37.5 Å². The molecule has 2 N–H and O–H groups in total. The van der Waals surface area contributed by atoms with Gasteiger partial charge in [0.2, 0.25) is 10.0 Å². The first-order valence-corrected chi connectivity index (χ1v) is 8.27. The molecule has 18 heavy (non-hydrogen) atoms. The molecule has 2 rings (SSSR count). The molecule has 0 saturated heterocycles. The molecule has 0 atom stereocenters. The Morgan fingerprint density at radius 2 is 2.11 bits per heavy atom. The van der Waals surface area contributed by atoms with Gasteiger partial charge in [0.25, 0.3) is 0 Å². The molecule has 1 saturated carbocycles.